The number of aromatic nitrogens is 1. The molecule has 1 saturated heterocycles. The van der Waals surface area contributed by atoms with E-state index in [2.05, 4.69) is 17.2 Å². The molecule has 2 fully saturated rings. The molecule has 1 aliphatic heterocycles. The van der Waals surface area contributed by atoms with Gasteiger partial charge in [-0.15, -0.1) is 0 Å². The molecule has 2 unspecified atom stereocenters. The summed E-state index contributed by atoms with van der Waals surface area (Å²) < 4.78 is 18.9. The number of ether oxygens (including phenoxy) is 1. The summed E-state index contributed by atoms with van der Waals surface area (Å²) >= 11 is 0. The van der Waals surface area contributed by atoms with E-state index in [1.165, 1.54) is 37.9 Å². The third-order valence-electron chi connectivity index (χ3n) is 4.13. The highest BCUT2D eigenvalue weighted by Crippen LogP contribution is 2.37. The molecule has 3 rings (SSSR count). The number of nitrogens with one attached hydrogen (secondary N) is 1. The van der Waals surface area contributed by atoms with Crippen LogP contribution < -0.4 is 5.32 Å². The fraction of sp³-hybridized carbons (Fsp3) is 0.643. The number of hydrogen-bond donors (Lipinski definition) is 1. The topological polar surface area (TPSA) is 34.1 Å². The van der Waals surface area contributed by atoms with Crippen molar-refractivity contribution in [2.45, 2.75) is 50.3 Å². The zero-order valence-electron chi connectivity index (χ0n) is 10.7. The molecule has 1 spiro atoms. The predicted octanol–water partition coefficient (Wildman–Crippen LogP) is 2.58. The Hall–Kier alpha value is -1.00. The molecule has 1 saturated carbocycles. The first-order valence-electron chi connectivity index (χ1n) is 6.69. The van der Waals surface area contributed by atoms with Crippen LogP contribution in [-0.2, 0) is 4.74 Å². The van der Waals surface area contributed by atoms with E-state index < -0.39 is 0 Å². The molecule has 0 aromatic carbocycles. The van der Waals surface area contributed by atoms with Crippen LogP contribution in [0.3, 0.4) is 0 Å². The van der Waals surface area contributed by atoms with E-state index in [0.717, 1.165) is 12.3 Å². The number of morpholine rings is 1. The van der Waals surface area contributed by atoms with Gasteiger partial charge in [0.15, 0.2) is 0 Å². The Kier molecular flexibility index (Phi) is 3.08. The summed E-state index contributed by atoms with van der Waals surface area (Å²) in [6.07, 6.45) is 6.13. The lowest BCUT2D eigenvalue weighted by molar-refractivity contribution is -0.0606. The summed E-state index contributed by atoms with van der Waals surface area (Å²) in [5, 5.41) is 3.70. The SMILES string of the molecule is CC1NC2(CCCC2)COC1c1ccc(F)cn1. The molecule has 3 nitrogen and oxygen atoms in total. The minimum absolute atomic E-state index is 0.0724. The van der Waals surface area contributed by atoms with E-state index in [4.69, 9.17) is 4.74 Å². The fourth-order valence-corrected chi connectivity index (χ4v) is 3.23. The molecule has 1 aromatic rings. The molecule has 0 amide bonds. The maximum atomic E-state index is 12.9. The van der Waals surface area contributed by atoms with Gasteiger partial charge in [0.05, 0.1) is 18.5 Å². The molecule has 2 heterocycles. The monoisotopic (exact) mass is 250 g/mol. The molecule has 1 aromatic heterocycles. The van der Waals surface area contributed by atoms with E-state index in [1.54, 1.807) is 6.07 Å². The molecular formula is C14H19FN2O. The Morgan fingerprint density at radius 1 is 1.39 bits per heavy atom. The van der Waals surface area contributed by atoms with Crippen LogP contribution in [0.25, 0.3) is 0 Å². The molecule has 1 N–H and O–H groups in total. The van der Waals surface area contributed by atoms with Crippen molar-refractivity contribution < 1.29 is 9.13 Å². The van der Waals surface area contributed by atoms with Gasteiger partial charge in [-0.2, -0.15) is 0 Å². The number of pyridine rings is 1. The van der Waals surface area contributed by atoms with Gasteiger partial charge in [-0.25, -0.2) is 4.39 Å². The second-order valence-electron chi connectivity index (χ2n) is 5.55. The molecule has 0 bridgehead atoms. The van der Waals surface area contributed by atoms with Crippen LogP contribution in [0.15, 0.2) is 18.3 Å². The Balaban J connectivity index is 1.74. The maximum absolute atomic E-state index is 12.9. The summed E-state index contributed by atoms with van der Waals surface area (Å²) in [6.45, 7) is 2.86. The highest BCUT2D eigenvalue weighted by Gasteiger charge is 2.41. The zero-order chi connectivity index (χ0) is 12.6. The highest BCUT2D eigenvalue weighted by molar-refractivity contribution is 5.13. The number of nitrogens with zero attached hydrogens (tertiary/aromatic N) is 1. The molecular weight excluding hydrogens is 231 g/mol. The van der Waals surface area contributed by atoms with Crippen LogP contribution in [0.2, 0.25) is 0 Å². The molecule has 98 valence electrons. The van der Waals surface area contributed by atoms with Crippen molar-refractivity contribution in [1.82, 2.24) is 10.3 Å². The van der Waals surface area contributed by atoms with Gasteiger partial charge < -0.3 is 10.1 Å². The Morgan fingerprint density at radius 2 is 2.17 bits per heavy atom. The molecule has 1 aliphatic carbocycles. The van der Waals surface area contributed by atoms with Crippen molar-refractivity contribution in [3.8, 4) is 0 Å². The highest BCUT2D eigenvalue weighted by atomic mass is 19.1. The minimum atomic E-state index is -0.303. The van der Waals surface area contributed by atoms with Crippen molar-refractivity contribution >= 4 is 0 Å². The molecule has 4 heteroatoms. The number of rotatable bonds is 1. The first-order chi connectivity index (χ1) is 8.69. The molecule has 18 heavy (non-hydrogen) atoms. The Morgan fingerprint density at radius 3 is 2.78 bits per heavy atom. The largest absolute Gasteiger partial charge is 0.368 e. The van der Waals surface area contributed by atoms with Gasteiger partial charge in [0.25, 0.3) is 0 Å². The number of hydrogen-bond acceptors (Lipinski definition) is 3. The first-order valence-corrected chi connectivity index (χ1v) is 6.69. The smallest absolute Gasteiger partial charge is 0.141 e. The van der Waals surface area contributed by atoms with Gasteiger partial charge in [0.2, 0.25) is 0 Å². The van der Waals surface area contributed by atoms with Gasteiger partial charge in [-0.1, -0.05) is 12.8 Å². The third-order valence-corrected chi connectivity index (χ3v) is 4.13. The quantitative estimate of drug-likeness (QED) is 0.832. The van der Waals surface area contributed by atoms with Crippen molar-refractivity contribution in [3.05, 3.63) is 29.8 Å². The summed E-state index contributed by atoms with van der Waals surface area (Å²) in [5.74, 6) is -0.303. The summed E-state index contributed by atoms with van der Waals surface area (Å²) in [6, 6.07) is 3.37. The summed E-state index contributed by atoms with van der Waals surface area (Å²) in [7, 11) is 0. The van der Waals surface area contributed by atoms with Crippen LogP contribution in [-0.4, -0.2) is 23.2 Å². The average molecular weight is 250 g/mol. The normalized spacial score (nSPS) is 30.8. The van der Waals surface area contributed by atoms with Crippen LogP contribution in [0.5, 0.6) is 0 Å². The van der Waals surface area contributed by atoms with E-state index >= 15 is 0 Å². The Labute approximate surface area is 107 Å². The van der Waals surface area contributed by atoms with Gasteiger partial charge in [0, 0.05) is 11.6 Å². The lowest BCUT2D eigenvalue weighted by atomic mass is 9.93. The first kappa shape index (κ1) is 12.1. The van der Waals surface area contributed by atoms with Crippen molar-refractivity contribution in [2.24, 2.45) is 0 Å². The number of halogens is 1. The lowest BCUT2D eigenvalue weighted by Crippen LogP contribution is -2.57. The van der Waals surface area contributed by atoms with Crippen LogP contribution in [0.1, 0.15) is 44.4 Å². The van der Waals surface area contributed by atoms with E-state index in [0.29, 0.717) is 0 Å². The second-order valence-corrected chi connectivity index (χ2v) is 5.55. The van der Waals surface area contributed by atoms with Crippen molar-refractivity contribution in [1.29, 1.82) is 0 Å². The lowest BCUT2D eigenvalue weighted by Gasteiger charge is -2.42. The van der Waals surface area contributed by atoms with Crippen LogP contribution in [0.4, 0.5) is 4.39 Å². The minimum Gasteiger partial charge on any atom is -0.368 e. The van der Waals surface area contributed by atoms with Gasteiger partial charge in [0.1, 0.15) is 11.9 Å². The van der Waals surface area contributed by atoms with Crippen LogP contribution in [0, 0.1) is 5.82 Å². The zero-order valence-corrected chi connectivity index (χ0v) is 10.7. The molecule has 2 atom stereocenters. The van der Waals surface area contributed by atoms with Gasteiger partial charge in [-0.05, 0) is 31.9 Å². The van der Waals surface area contributed by atoms with Crippen LogP contribution >= 0.6 is 0 Å². The van der Waals surface area contributed by atoms with Gasteiger partial charge in [-0.3, -0.25) is 4.98 Å². The third kappa shape index (κ3) is 2.15. The van der Waals surface area contributed by atoms with Gasteiger partial charge >= 0.3 is 0 Å². The van der Waals surface area contributed by atoms with Crippen molar-refractivity contribution in [2.75, 3.05) is 6.61 Å². The summed E-state index contributed by atoms with van der Waals surface area (Å²) in [4.78, 5) is 4.13. The second kappa shape index (κ2) is 4.59. The molecule has 0 radical (unpaired) electrons. The van der Waals surface area contributed by atoms with E-state index in [-0.39, 0.29) is 23.5 Å². The summed E-state index contributed by atoms with van der Waals surface area (Å²) in [5.41, 5.74) is 0.986. The Bertz CT molecular complexity index is 414. The average Bonchev–Trinajstić information content (AvgIpc) is 2.79. The van der Waals surface area contributed by atoms with E-state index in [9.17, 15) is 4.39 Å². The van der Waals surface area contributed by atoms with E-state index in [1.807, 2.05) is 0 Å². The van der Waals surface area contributed by atoms with Crippen molar-refractivity contribution in [3.63, 3.8) is 0 Å². The maximum Gasteiger partial charge on any atom is 0.141 e. The predicted molar refractivity (Wildman–Crippen MR) is 66.7 cm³/mol. The molecule has 2 aliphatic rings. The fourth-order valence-electron chi connectivity index (χ4n) is 3.23. The standard InChI is InChI=1S/C14H19FN2O/c1-10-13(12-5-4-11(15)8-16-12)18-9-14(17-10)6-2-3-7-14/h4-5,8,10,13,17H,2-3,6-7,9H2,1H3.